The van der Waals surface area contributed by atoms with Gasteiger partial charge in [-0.1, -0.05) is 11.6 Å². The van der Waals surface area contributed by atoms with Crippen molar-refractivity contribution in [1.82, 2.24) is 5.32 Å². The fourth-order valence-electron chi connectivity index (χ4n) is 0.932. The Morgan fingerprint density at radius 2 is 1.87 bits per heavy atom. The van der Waals surface area contributed by atoms with Crippen LogP contribution in [0, 0.1) is 0 Å². The maximum absolute atomic E-state index is 11.0. The molecule has 0 aliphatic carbocycles. The van der Waals surface area contributed by atoms with E-state index in [1.54, 1.807) is 24.3 Å². The number of hydrogen-bond acceptors (Lipinski definition) is 3. The number of urea groups is 1. The van der Waals surface area contributed by atoms with Crippen LogP contribution in [0.3, 0.4) is 0 Å². The van der Waals surface area contributed by atoms with E-state index in [1.165, 1.54) is 0 Å². The molecule has 0 atom stereocenters. The van der Waals surface area contributed by atoms with Crippen molar-refractivity contribution in [3.63, 3.8) is 0 Å². The summed E-state index contributed by atoms with van der Waals surface area (Å²) in [6.45, 7) is -0.0232. The summed E-state index contributed by atoms with van der Waals surface area (Å²) in [4.78, 5) is 21.3. The summed E-state index contributed by atoms with van der Waals surface area (Å²) in [6, 6.07) is 5.96. The number of amides is 3. The maximum Gasteiger partial charge on any atom is 0.318 e. The number of benzene rings is 1. The topological polar surface area (TPSA) is 84.2 Å². The lowest BCUT2D eigenvalue weighted by molar-refractivity contribution is -0.118. The quantitative estimate of drug-likeness (QED) is 0.719. The monoisotopic (exact) mass is 227 g/mol. The highest BCUT2D eigenvalue weighted by molar-refractivity contribution is 6.30. The SMILES string of the molecule is NC(=O)NC(=O)CNc1ccc(Cl)cc1. The van der Waals surface area contributed by atoms with Crippen LogP contribution in [0.1, 0.15) is 0 Å². The first kappa shape index (κ1) is 11.3. The van der Waals surface area contributed by atoms with Gasteiger partial charge in [0.25, 0.3) is 0 Å². The highest BCUT2D eigenvalue weighted by atomic mass is 35.5. The molecule has 4 N–H and O–H groups in total. The molecule has 3 amide bonds. The molecule has 1 aromatic carbocycles. The minimum absolute atomic E-state index is 0.0232. The molecule has 0 aliphatic rings. The van der Waals surface area contributed by atoms with Crippen molar-refractivity contribution in [2.24, 2.45) is 5.73 Å². The van der Waals surface area contributed by atoms with E-state index in [2.05, 4.69) is 5.32 Å². The van der Waals surface area contributed by atoms with Gasteiger partial charge in [-0.15, -0.1) is 0 Å². The standard InChI is InChI=1S/C9H10ClN3O2/c10-6-1-3-7(4-2-6)12-5-8(14)13-9(11)15/h1-4,12H,5H2,(H3,11,13,14,15). The second kappa shape index (κ2) is 5.21. The van der Waals surface area contributed by atoms with Crippen LogP contribution in [-0.2, 0) is 4.79 Å². The molecule has 0 spiro atoms. The zero-order valence-corrected chi connectivity index (χ0v) is 8.54. The van der Waals surface area contributed by atoms with Gasteiger partial charge in [0.2, 0.25) is 5.91 Å². The molecule has 5 nitrogen and oxygen atoms in total. The highest BCUT2D eigenvalue weighted by Crippen LogP contribution is 2.12. The van der Waals surface area contributed by atoms with Crippen molar-refractivity contribution in [1.29, 1.82) is 0 Å². The molecule has 0 aromatic heterocycles. The number of hydrogen-bond donors (Lipinski definition) is 3. The summed E-state index contributed by atoms with van der Waals surface area (Å²) in [6.07, 6.45) is 0. The van der Waals surface area contributed by atoms with E-state index in [4.69, 9.17) is 17.3 Å². The van der Waals surface area contributed by atoms with Crippen LogP contribution in [0.4, 0.5) is 10.5 Å². The van der Waals surface area contributed by atoms with Crippen molar-refractivity contribution in [3.8, 4) is 0 Å². The zero-order valence-electron chi connectivity index (χ0n) is 7.79. The second-order valence-electron chi connectivity index (χ2n) is 2.77. The largest absolute Gasteiger partial charge is 0.376 e. The van der Waals surface area contributed by atoms with E-state index in [9.17, 15) is 9.59 Å². The lowest BCUT2D eigenvalue weighted by Crippen LogP contribution is -2.38. The number of carbonyl (C=O) groups is 2. The van der Waals surface area contributed by atoms with E-state index in [-0.39, 0.29) is 6.54 Å². The van der Waals surface area contributed by atoms with E-state index < -0.39 is 11.9 Å². The van der Waals surface area contributed by atoms with E-state index in [1.807, 2.05) is 5.32 Å². The molecule has 0 saturated carbocycles. The molecule has 0 radical (unpaired) electrons. The smallest absolute Gasteiger partial charge is 0.318 e. The fourth-order valence-corrected chi connectivity index (χ4v) is 1.06. The Bertz CT molecular complexity index is 364. The molecule has 0 saturated heterocycles. The Balaban J connectivity index is 2.40. The molecule has 80 valence electrons. The molecule has 0 unspecified atom stereocenters. The van der Waals surface area contributed by atoms with Crippen molar-refractivity contribution in [2.75, 3.05) is 11.9 Å². The lowest BCUT2D eigenvalue weighted by Gasteiger charge is -2.05. The second-order valence-corrected chi connectivity index (χ2v) is 3.21. The third-order valence-electron chi connectivity index (χ3n) is 1.56. The predicted octanol–water partition coefficient (Wildman–Crippen LogP) is 0.947. The van der Waals surface area contributed by atoms with Crippen LogP contribution in [0.25, 0.3) is 0 Å². The highest BCUT2D eigenvalue weighted by Gasteiger charge is 2.02. The molecule has 0 bridgehead atoms. The molecule has 0 aliphatic heterocycles. The van der Waals surface area contributed by atoms with Gasteiger partial charge in [-0.2, -0.15) is 0 Å². The number of anilines is 1. The van der Waals surface area contributed by atoms with E-state index in [0.29, 0.717) is 5.02 Å². The summed E-state index contributed by atoms with van der Waals surface area (Å²) in [5.74, 6) is -0.488. The van der Waals surface area contributed by atoms with Crippen LogP contribution in [-0.4, -0.2) is 18.5 Å². The molecule has 0 heterocycles. The number of imide groups is 1. The number of nitrogens with one attached hydrogen (secondary N) is 2. The third-order valence-corrected chi connectivity index (χ3v) is 1.81. The van der Waals surface area contributed by atoms with Gasteiger partial charge in [0.15, 0.2) is 0 Å². The van der Waals surface area contributed by atoms with Gasteiger partial charge in [-0.05, 0) is 24.3 Å². The van der Waals surface area contributed by atoms with Crippen LogP contribution in [0.15, 0.2) is 24.3 Å². The molecule has 0 fully saturated rings. The Morgan fingerprint density at radius 3 is 2.40 bits per heavy atom. The van der Waals surface area contributed by atoms with Gasteiger partial charge in [-0.25, -0.2) is 4.79 Å². The summed E-state index contributed by atoms with van der Waals surface area (Å²) in [5.41, 5.74) is 5.50. The molecule has 6 heteroatoms. The number of carbonyl (C=O) groups excluding carboxylic acids is 2. The minimum Gasteiger partial charge on any atom is -0.376 e. The Kier molecular flexibility index (Phi) is 3.93. The van der Waals surface area contributed by atoms with Crippen molar-refractivity contribution < 1.29 is 9.59 Å². The summed E-state index contributed by atoms with van der Waals surface area (Å²) < 4.78 is 0. The van der Waals surface area contributed by atoms with Crippen molar-refractivity contribution in [3.05, 3.63) is 29.3 Å². The van der Waals surface area contributed by atoms with E-state index >= 15 is 0 Å². The first-order valence-electron chi connectivity index (χ1n) is 4.16. The number of rotatable bonds is 3. The number of halogens is 1. The molecule has 1 aromatic rings. The van der Waals surface area contributed by atoms with Gasteiger partial charge in [0, 0.05) is 10.7 Å². The zero-order chi connectivity index (χ0) is 11.3. The van der Waals surface area contributed by atoms with Crippen LogP contribution < -0.4 is 16.4 Å². The van der Waals surface area contributed by atoms with Crippen LogP contribution in [0.5, 0.6) is 0 Å². The molecular formula is C9H10ClN3O2. The first-order valence-corrected chi connectivity index (χ1v) is 4.54. The van der Waals surface area contributed by atoms with Crippen LogP contribution >= 0.6 is 11.6 Å². The van der Waals surface area contributed by atoms with E-state index in [0.717, 1.165) is 5.69 Å². The fraction of sp³-hybridized carbons (Fsp3) is 0.111. The van der Waals surface area contributed by atoms with Crippen LogP contribution in [0.2, 0.25) is 5.02 Å². The minimum atomic E-state index is -0.863. The Morgan fingerprint density at radius 1 is 1.27 bits per heavy atom. The lowest BCUT2D eigenvalue weighted by atomic mass is 10.3. The normalized spacial score (nSPS) is 9.40. The number of primary amides is 1. The number of nitrogens with two attached hydrogens (primary N) is 1. The van der Waals surface area contributed by atoms with Gasteiger partial charge in [0.1, 0.15) is 0 Å². The van der Waals surface area contributed by atoms with Gasteiger partial charge < -0.3 is 11.1 Å². The van der Waals surface area contributed by atoms with Crippen molar-refractivity contribution >= 4 is 29.2 Å². The Labute approximate surface area is 91.6 Å². The van der Waals surface area contributed by atoms with Gasteiger partial charge in [0.05, 0.1) is 6.54 Å². The summed E-state index contributed by atoms with van der Waals surface area (Å²) in [7, 11) is 0. The average Bonchev–Trinajstić information content (AvgIpc) is 2.16. The maximum atomic E-state index is 11.0. The average molecular weight is 228 g/mol. The van der Waals surface area contributed by atoms with Crippen molar-refractivity contribution in [2.45, 2.75) is 0 Å². The van der Waals surface area contributed by atoms with Gasteiger partial charge >= 0.3 is 6.03 Å². The summed E-state index contributed by atoms with van der Waals surface area (Å²) in [5, 5.41) is 5.35. The molecule has 1 rings (SSSR count). The first-order chi connectivity index (χ1) is 7.08. The predicted molar refractivity (Wildman–Crippen MR) is 57.7 cm³/mol. The third kappa shape index (κ3) is 4.33. The molecular weight excluding hydrogens is 218 g/mol. The Hall–Kier alpha value is -1.75. The molecule has 15 heavy (non-hydrogen) atoms. The summed E-state index contributed by atoms with van der Waals surface area (Å²) >= 11 is 5.67. The van der Waals surface area contributed by atoms with Gasteiger partial charge in [-0.3, -0.25) is 10.1 Å².